The van der Waals surface area contributed by atoms with Gasteiger partial charge in [0.05, 0.1) is 17.6 Å². The van der Waals surface area contributed by atoms with Crippen molar-refractivity contribution in [2.45, 2.75) is 6.92 Å². The number of rotatable bonds is 3. The van der Waals surface area contributed by atoms with Crippen LogP contribution >= 0.6 is 0 Å². The molecule has 2 aromatic heterocycles. The fraction of sp³-hybridized carbons (Fsp3) is 0.0909. The number of nitrogens with two attached hydrogens (primary N) is 1. The maximum absolute atomic E-state index is 13.1. The van der Waals surface area contributed by atoms with E-state index in [-0.39, 0.29) is 11.4 Å². The van der Waals surface area contributed by atoms with Crippen molar-refractivity contribution in [2.24, 2.45) is 5.73 Å². The van der Waals surface area contributed by atoms with Crippen molar-refractivity contribution in [3.05, 3.63) is 41.6 Å². The molecule has 0 aliphatic rings. The first kappa shape index (κ1) is 11.9. The lowest BCUT2D eigenvalue weighted by Crippen LogP contribution is -2.16. The molecule has 0 unspecified atom stereocenters. The summed E-state index contributed by atoms with van der Waals surface area (Å²) in [5.74, 6) is -0.711. The van der Waals surface area contributed by atoms with Crippen LogP contribution in [0, 0.1) is 12.7 Å². The number of aromatic nitrogens is 3. The first-order valence-electron chi connectivity index (χ1n) is 5.09. The molecule has 0 aromatic carbocycles. The standard InChI is InChI=1S/C11H10FN5O/c1-6-7(12)2-3-9(15-6)16-8-4-5-14-17-10(8)11(13)18/h2-5H,1H3,(H2,13,18)(H,14,15,16). The molecular formula is C11H10FN5O. The van der Waals surface area contributed by atoms with Crippen molar-refractivity contribution in [1.29, 1.82) is 0 Å². The van der Waals surface area contributed by atoms with Gasteiger partial charge in [-0.3, -0.25) is 4.79 Å². The van der Waals surface area contributed by atoms with Crippen molar-refractivity contribution in [3.63, 3.8) is 0 Å². The highest BCUT2D eigenvalue weighted by Crippen LogP contribution is 2.17. The zero-order valence-electron chi connectivity index (χ0n) is 9.51. The third-order valence-electron chi connectivity index (χ3n) is 2.24. The zero-order chi connectivity index (χ0) is 13.1. The molecule has 0 radical (unpaired) electrons. The van der Waals surface area contributed by atoms with Gasteiger partial charge in [-0.05, 0) is 25.1 Å². The summed E-state index contributed by atoms with van der Waals surface area (Å²) in [7, 11) is 0. The Balaban J connectivity index is 2.34. The van der Waals surface area contributed by atoms with Gasteiger partial charge in [0.1, 0.15) is 11.6 Å². The molecule has 0 saturated heterocycles. The number of halogens is 1. The monoisotopic (exact) mass is 247 g/mol. The van der Waals surface area contributed by atoms with Gasteiger partial charge in [-0.15, -0.1) is 5.10 Å². The molecule has 18 heavy (non-hydrogen) atoms. The molecule has 3 N–H and O–H groups in total. The first-order valence-corrected chi connectivity index (χ1v) is 5.09. The van der Waals surface area contributed by atoms with Crippen molar-refractivity contribution < 1.29 is 9.18 Å². The van der Waals surface area contributed by atoms with E-state index in [4.69, 9.17) is 5.73 Å². The maximum Gasteiger partial charge on any atom is 0.271 e. The number of amides is 1. The number of hydrogen-bond donors (Lipinski definition) is 2. The zero-order valence-corrected chi connectivity index (χ0v) is 9.51. The highest BCUT2D eigenvalue weighted by Gasteiger charge is 2.11. The third-order valence-corrected chi connectivity index (χ3v) is 2.24. The molecule has 0 aliphatic heterocycles. The van der Waals surface area contributed by atoms with Gasteiger partial charge in [-0.2, -0.15) is 5.10 Å². The Labute approximate surface area is 102 Å². The van der Waals surface area contributed by atoms with Gasteiger partial charge in [0.2, 0.25) is 0 Å². The Morgan fingerprint density at radius 1 is 1.39 bits per heavy atom. The summed E-state index contributed by atoms with van der Waals surface area (Å²) >= 11 is 0. The predicted octanol–water partition coefficient (Wildman–Crippen LogP) is 1.16. The van der Waals surface area contributed by atoms with E-state index < -0.39 is 11.7 Å². The molecule has 0 saturated carbocycles. The number of carbonyl (C=O) groups excluding carboxylic acids is 1. The fourth-order valence-electron chi connectivity index (χ4n) is 1.37. The Hall–Kier alpha value is -2.57. The van der Waals surface area contributed by atoms with Gasteiger partial charge in [-0.25, -0.2) is 9.37 Å². The number of primary amides is 1. The van der Waals surface area contributed by atoms with Gasteiger partial charge >= 0.3 is 0 Å². The first-order chi connectivity index (χ1) is 8.58. The minimum absolute atomic E-state index is 0.00118. The van der Waals surface area contributed by atoms with Gasteiger partial charge < -0.3 is 11.1 Å². The van der Waals surface area contributed by atoms with Gasteiger partial charge in [0, 0.05) is 0 Å². The van der Waals surface area contributed by atoms with E-state index in [9.17, 15) is 9.18 Å². The van der Waals surface area contributed by atoms with Crippen LogP contribution in [0.3, 0.4) is 0 Å². The van der Waals surface area contributed by atoms with Crippen LogP contribution in [-0.4, -0.2) is 21.1 Å². The Kier molecular flexibility index (Phi) is 3.13. The van der Waals surface area contributed by atoms with E-state index in [0.29, 0.717) is 11.5 Å². The molecule has 0 spiro atoms. The Morgan fingerprint density at radius 2 is 2.17 bits per heavy atom. The Morgan fingerprint density at radius 3 is 2.83 bits per heavy atom. The maximum atomic E-state index is 13.1. The van der Waals surface area contributed by atoms with E-state index >= 15 is 0 Å². The second kappa shape index (κ2) is 4.74. The van der Waals surface area contributed by atoms with E-state index in [1.54, 1.807) is 6.92 Å². The van der Waals surface area contributed by atoms with E-state index in [2.05, 4.69) is 20.5 Å². The summed E-state index contributed by atoms with van der Waals surface area (Å²) < 4.78 is 13.1. The number of carbonyl (C=O) groups is 1. The summed E-state index contributed by atoms with van der Waals surface area (Å²) in [5, 5.41) is 10.0. The van der Waals surface area contributed by atoms with Crippen molar-refractivity contribution in [2.75, 3.05) is 5.32 Å². The average molecular weight is 247 g/mol. The molecule has 0 atom stereocenters. The molecule has 0 aliphatic carbocycles. The summed E-state index contributed by atoms with van der Waals surface area (Å²) in [4.78, 5) is 15.1. The lowest BCUT2D eigenvalue weighted by Gasteiger charge is -2.08. The molecule has 7 heteroatoms. The summed E-state index contributed by atoms with van der Waals surface area (Å²) in [6.45, 7) is 1.54. The van der Waals surface area contributed by atoms with Crippen LogP contribution in [0.15, 0.2) is 24.4 Å². The minimum Gasteiger partial charge on any atom is -0.364 e. The quantitative estimate of drug-likeness (QED) is 0.848. The second-order valence-electron chi connectivity index (χ2n) is 3.55. The molecule has 0 bridgehead atoms. The van der Waals surface area contributed by atoms with Crippen molar-refractivity contribution in [3.8, 4) is 0 Å². The topological polar surface area (TPSA) is 93.8 Å². The largest absolute Gasteiger partial charge is 0.364 e. The van der Waals surface area contributed by atoms with Crippen molar-refractivity contribution >= 4 is 17.4 Å². The molecule has 2 aromatic rings. The van der Waals surface area contributed by atoms with E-state index in [0.717, 1.165) is 0 Å². The van der Waals surface area contributed by atoms with Gasteiger partial charge in [0.25, 0.3) is 5.91 Å². The van der Waals surface area contributed by atoms with Crippen LogP contribution < -0.4 is 11.1 Å². The van der Waals surface area contributed by atoms with Gasteiger partial charge in [0.15, 0.2) is 5.69 Å². The highest BCUT2D eigenvalue weighted by molar-refractivity contribution is 5.96. The predicted molar refractivity (Wildman–Crippen MR) is 62.8 cm³/mol. The number of nitrogens with one attached hydrogen (secondary N) is 1. The van der Waals surface area contributed by atoms with Crippen LogP contribution in [-0.2, 0) is 0 Å². The average Bonchev–Trinajstić information content (AvgIpc) is 2.34. The number of anilines is 2. The Bertz CT molecular complexity index is 602. The van der Waals surface area contributed by atoms with Gasteiger partial charge in [-0.1, -0.05) is 0 Å². The number of pyridine rings is 1. The molecule has 1 amide bonds. The minimum atomic E-state index is -0.704. The summed E-state index contributed by atoms with van der Waals surface area (Å²) in [5.41, 5.74) is 5.79. The SMILES string of the molecule is Cc1nc(Nc2ccnnc2C(N)=O)ccc1F. The normalized spacial score (nSPS) is 10.1. The van der Waals surface area contributed by atoms with E-state index in [1.165, 1.54) is 24.4 Å². The number of aryl methyl sites for hydroxylation is 1. The fourth-order valence-corrected chi connectivity index (χ4v) is 1.37. The summed E-state index contributed by atoms with van der Waals surface area (Å²) in [6.07, 6.45) is 1.41. The molecular weight excluding hydrogens is 237 g/mol. The van der Waals surface area contributed by atoms with Crippen LogP contribution in [0.2, 0.25) is 0 Å². The number of nitrogens with zero attached hydrogens (tertiary/aromatic N) is 3. The van der Waals surface area contributed by atoms with E-state index in [1.807, 2.05) is 0 Å². The highest BCUT2D eigenvalue weighted by atomic mass is 19.1. The van der Waals surface area contributed by atoms with Crippen LogP contribution in [0.25, 0.3) is 0 Å². The summed E-state index contributed by atoms with van der Waals surface area (Å²) in [6, 6.07) is 4.27. The van der Waals surface area contributed by atoms with Crippen LogP contribution in [0.1, 0.15) is 16.2 Å². The lowest BCUT2D eigenvalue weighted by atomic mass is 10.3. The molecule has 2 rings (SSSR count). The molecule has 6 nitrogen and oxygen atoms in total. The second-order valence-corrected chi connectivity index (χ2v) is 3.55. The third kappa shape index (κ3) is 2.40. The molecule has 0 fully saturated rings. The van der Waals surface area contributed by atoms with Crippen molar-refractivity contribution in [1.82, 2.24) is 15.2 Å². The smallest absolute Gasteiger partial charge is 0.271 e. The lowest BCUT2D eigenvalue weighted by molar-refractivity contribution is 0.0995. The van der Waals surface area contributed by atoms with Crippen LogP contribution in [0.4, 0.5) is 15.9 Å². The molecule has 92 valence electrons. The molecule has 2 heterocycles. The van der Waals surface area contributed by atoms with Crippen LogP contribution in [0.5, 0.6) is 0 Å². The number of hydrogen-bond acceptors (Lipinski definition) is 5.